The van der Waals surface area contributed by atoms with Crippen LogP contribution < -0.4 is 0 Å². The van der Waals surface area contributed by atoms with Crippen molar-refractivity contribution >= 4 is 8.32 Å². The SMILES string of the molecule is C[C@@]12C=CCC1C1CC[C@H]3C[C@H](O[Si](C)(C)C)CC[C@]3(C)C1CC2. The van der Waals surface area contributed by atoms with Crippen LogP contribution in [0.3, 0.4) is 0 Å². The third kappa shape index (κ3) is 2.76. The summed E-state index contributed by atoms with van der Waals surface area (Å²) in [7, 11) is -1.40. The van der Waals surface area contributed by atoms with Crippen molar-refractivity contribution in [2.75, 3.05) is 0 Å². The van der Waals surface area contributed by atoms with Crippen molar-refractivity contribution in [1.82, 2.24) is 0 Å². The van der Waals surface area contributed by atoms with Crippen LogP contribution in [-0.4, -0.2) is 14.4 Å². The Morgan fingerprint density at radius 3 is 2.50 bits per heavy atom. The molecule has 0 bridgehead atoms. The monoisotopic (exact) mass is 346 g/mol. The molecule has 0 heterocycles. The lowest BCUT2D eigenvalue weighted by Crippen LogP contribution is -2.54. The zero-order chi connectivity index (χ0) is 17.2. The Morgan fingerprint density at radius 2 is 1.75 bits per heavy atom. The Hall–Kier alpha value is -0.0831. The molecule has 4 rings (SSSR count). The fraction of sp³-hybridized carbons (Fsp3) is 0.909. The number of rotatable bonds is 2. The second kappa shape index (κ2) is 5.71. The standard InChI is InChI=1S/C22H38OSi/c1-21-12-6-7-19(21)18-9-8-16-15-17(23-24(3,4)5)10-14-22(16,2)20(18)11-13-21/h6,12,16-20H,7-11,13-15H2,1-5H3/t16-,17+,18?,19?,20?,21-,22-/m0/s1. The second-order valence-corrected chi connectivity index (χ2v) is 15.4. The van der Waals surface area contributed by atoms with Crippen molar-refractivity contribution in [2.45, 2.75) is 91.0 Å². The van der Waals surface area contributed by atoms with Gasteiger partial charge >= 0.3 is 0 Å². The molecule has 4 aliphatic carbocycles. The van der Waals surface area contributed by atoms with Gasteiger partial charge in [0.2, 0.25) is 0 Å². The van der Waals surface area contributed by atoms with Crippen molar-refractivity contribution < 1.29 is 4.43 Å². The average molecular weight is 347 g/mol. The number of fused-ring (bicyclic) bond motifs is 5. The van der Waals surface area contributed by atoms with Crippen molar-refractivity contribution in [3.8, 4) is 0 Å². The van der Waals surface area contributed by atoms with Crippen molar-refractivity contribution in [3.63, 3.8) is 0 Å². The highest BCUT2D eigenvalue weighted by atomic mass is 28.4. The molecule has 0 radical (unpaired) electrons. The zero-order valence-electron chi connectivity index (χ0n) is 16.6. The smallest absolute Gasteiger partial charge is 0.184 e. The number of hydrogen-bond acceptors (Lipinski definition) is 1. The quantitative estimate of drug-likeness (QED) is 0.414. The topological polar surface area (TPSA) is 9.23 Å². The first-order valence-corrected chi connectivity index (χ1v) is 14.0. The predicted molar refractivity (Wildman–Crippen MR) is 104 cm³/mol. The summed E-state index contributed by atoms with van der Waals surface area (Å²) < 4.78 is 6.52. The van der Waals surface area contributed by atoms with Gasteiger partial charge in [-0.15, -0.1) is 0 Å². The molecule has 0 saturated heterocycles. The maximum absolute atomic E-state index is 6.52. The molecule has 0 aromatic carbocycles. The molecule has 1 nitrogen and oxygen atoms in total. The highest BCUT2D eigenvalue weighted by Gasteiger charge is 2.57. The summed E-state index contributed by atoms with van der Waals surface area (Å²) in [5.74, 6) is 3.86. The van der Waals surface area contributed by atoms with E-state index in [1.165, 1.54) is 51.4 Å². The molecule has 2 heteroatoms. The minimum absolute atomic E-state index is 0.530. The molecule has 7 atom stereocenters. The van der Waals surface area contributed by atoms with Gasteiger partial charge in [-0.3, -0.25) is 0 Å². The maximum Gasteiger partial charge on any atom is 0.184 e. The van der Waals surface area contributed by atoms with Gasteiger partial charge in [0, 0.05) is 6.10 Å². The molecule has 4 aliphatic rings. The van der Waals surface area contributed by atoms with Crippen LogP contribution in [0, 0.1) is 34.5 Å². The molecule has 3 unspecified atom stereocenters. The van der Waals surface area contributed by atoms with Gasteiger partial charge in [-0.25, -0.2) is 0 Å². The molecule has 0 aliphatic heterocycles. The van der Waals surface area contributed by atoms with E-state index in [4.69, 9.17) is 4.43 Å². The van der Waals surface area contributed by atoms with Gasteiger partial charge in [0.15, 0.2) is 8.32 Å². The Labute approximate surface area is 150 Å². The van der Waals surface area contributed by atoms with Gasteiger partial charge < -0.3 is 4.43 Å². The molecule has 0 amide bonds. The van der Waals surface area contributed by atoms with Gasteiger partial charge in [0.05, 0.1) is 0 Å². The summed E-state index contributed by atoms with van der Waals surface area (Å²) in [6.45, 7) is 12.3. The molecule has 3 saturated carbocycles. The lowest BCUT2D eigenvalue weighted by Gasteiger charge is -2.60. The van der Waals surface area contributed by atoms with E-state index in [1.807, 2.05) is 0 Å². The third-order valence-corrected chi connectivity index (χ3v) is 9.50. The lowest BCUT2D eigenvalue weighted by atomic mass is 9.45. The van der Waals surface area contributed by atoms with E-state index in [1.54, 1.807) is 0 Å². The Balaban J connectivity index is 1.51. The van der Waals surface area contributed by atoms with Gasteiger partial charge in [0.25, 0.3) is 0 Å². The van der Waals surface area contributed by atoms with E-state index in [0.717, 1.165) is 23.7 Å². The second-order valence-electron chi connectivity index (χ2n) is 11.0. The summed E-state index contributed by atoms with van der Waals surface area (Å²) in [5, 5.41) is 0. The molecular formula is C22H38OSi. The Morgan fingerprint density at radius 1 is 0.958 bits per heavy atom. The van der Waals surface area contributed by atoms with Crippen LogP contribution >= 0.6 is 0 Å². The van der Waals surface area contributed by atoms with Crippen LogP contribution in [0.1, 0.15) is 65.2 Å². The summed E-state index contributed by atoms with van der Waals surface area (Å²) in [5.41, 5.74) is 1.13. The van der Waals surface area contributed by atoms with Crippen LogP contribution in [0.15, 0.2) is 12.2 Å². The summed E-state index contributed by atoms with van der Waals surface area (Å²) in [6.07, 6.45) is 17.0. The largest absolute Gasteiger partial charge is 0.415 e. The molecule has 3 fully saturated rings. The van der Waals surface area contributed by atoms with Crippen LogP contribution in [0.4, 0.5) is 0 Å². The molecular weight excluding hydrogens is 308 g/mol. The van der Waals surface area contributed by atoms with Crippen LogP contribution in [0.2, 0.25) is 19.6 Å². The van der Waals surface area contributed by atoms with Crippen LogP contribution in [0.5, 0.6) is 0 Å². The first kappa shape index (κ1) is 17.3. The van der Waals surface area contributed by atoms with Crippen molar-refractivity contribution in [1.29, 1.82) is 0 Å². The average Bonchev–Trinajstić information content (AvgIpc) is 2.88. The van der Waals surface area contributed by atoms with Crippen molar-refractivity contribution in [3.05, 3.63) is 12.2 Å². The van der Waals surface area contributed by atoms with Gasteiger partial charge in [-0.2, -0.15) is 0 Å². The maximum atomic E-state index is 6.52. The lowest BCUT2D eigenvalue weighted by molar-refractivity contribution is -0.114. The molecule has 0 spiro atoms. The molecule has 0 aromatic heterocycles. The van der Waals surface area contributed by atoms with Crippen LogP contribution in [0.25, 0.3) is 0 Å². The Bertz CT molecular complexity index is 521. The van der Waals surface area contributed by atoms with Gasteiger partial charge in [-0.1, -0.05) is 26.0 Å². The minimum atomic E-state index is -1.40. The number of allylic oxidation sites excluding steroid dienone is 2. The van der Waals surface area contributed by atoms with E-state index in [0.29, 0.717) is 16.9 Å². The Kier molecular flexibility index (Phi) is 4.12. The zero-order valence-corrected chi connectivity index (χ0v) is 17.6. The summed E-state index contributed by atoms with van der Waals surface area (Å²) in [6, 6.07) is 0. The summed E-state index contributed by atoms with van der Waals surface area (Å²) >= 11 is 0. The van der Waals surface area contributed by atoms with Crippen molar-refractivity contribution in [2.24, 2.45) is 34.5 Å². The molecule has 136 valence electrons. The van der Waals surface area contributed by atoms with Gasteiger partial charge in [0.1, 0.15) is 0 Å². The predicted octanol–water partition coefficient (Wildman–Crippen LogP) is 6.42. The highest BCUT2D eigenvalue weighted by molar-refractivity contribution is 6.69. The fourth-order valence-corrected chi connectivity index (χ4v) is 8.52. The first-order chi connectivity index (χ1) is 11.2. The first-order valence-electron chi connectivity index (χ1n) is 10.6. The molecule has 0 aromatic rings. The highest BCUT2D eigenvalue weighted by Crippen LogP contribution is 2.65. The van der Waals surface area contributed by atoms with E-state index in [9.17, 15) is 0 Å². The minimum Gasteiger partial charge on any atom is -0.415 e. The van der Waals surface area contributed by atoms with E-state index >= 15 is 0 Å². The van der Waals surface area contributed by atoms with Gasteiger partial charge in [-0.05, 0) is 106 Å². The molecule has 0 N–H and O–H groups in total. The van der Waals surface area contributed by atoms with E-state index in [2.05, 4.69) is 45.6 Å². The van der Waals surface area contributed by atoms with Crippen LogP contribution in [-0.2, 0) is 4.43 Å². The summed E-state index contributed by atoms with van der Waals surface area (Å²) in [4.78, 5) is 0. The van der Waals surface area contributed by atoms with E-state index in [-0.39, 0.29) is 0 Å². The van der Waals surface area contributed by atoms with E-state index < -0.39 is 8.32 Å². The normalized spacial score (nSPS) is 51.0. The third-order valence-electron chi connectivity index (χ3n) is 8.46. The molecule has 24 heavy (non-hydrogen) atoms. The fourth-order valence-electron chi connectivity index (χ4n) is 7.31. The number of hydrogen-bond donors (Lipinski definition) is 0.